The molecule has 2 rings (SSSR count). The molecule has 0 bridgehead atoms. The van der Waals surface area contributed by atoms with Gasteiger partial charge in [0.25, 0.3) is 0 Å². The second-order valence-corrected chi connectivity index (χ2v) is 4.63. The molecule has 0 saturated heterocycles. The fourth-order valence-electron chi connectivity index (χ4n) is 1.98. The third kappa shape index (κ3) is 3.47. The normalized spacial score (nSPS) is 11.5. The van der Waals surface area contributed by atoms with Gasteiger partial charge >= 0.3 is 0 Å². The maximum atomic E-state index is 14.1. The Morgan fingerprint density at radius 2 is 1.86 bits per heavy atom. The number of halogens is 2. The first-order chi connectivity index (χ1) is 10.0. The maximum Gasteiger partial charge on any atom is 0.170 e. The standard InChI is InChI=1S/C15H15F2N3O/c1-20(9-10-2-5-12(16)6-3-10)14-7-4-11(8-13(14)17)15(18)19-21/h2-8,21H,9H2,1H3,(H2,18,19). The molecule has 0 spiro atoms. The summed E-state index contributed by atoms with van der Waals surface area (Å²) in [5, 5.41) is 11.4. The van der Waals surface area contributed by atoms with Crippen LogP contribution in [0.5, 0.6) is 0 Å². The Hall–Kier alpha value is -2.63. The molecule has 2 aromatic carbocycles. The molecule has 0 fully saturated rings. The number of hydrogen-bond donors (Lipinski definition) is 2. The molecule has 0 aliphatic carbocycles. The fourth-order valence-corrected chi connectivity index (χ4v) is 1.98. The average molecular weight is 291 g/mol. The molecular weight excluding hydrogens is 276 g/mol. The van der Waals surface area contributed by atoms with Gasteiger partial charge in [-0.15, -0.1) is 0 Å². The molecule has 4 nitrogen and oxygen atoms in total. The highest BCUT2D eigenvalue weighted by molar-refractivity contribution is 5.97. The molecule has 3 N–H and O–H groups in total. The Bertz CT molecular complexity index is 656. The Labute approximate surface area is 121 Å². The monoisotopic (exact) mass is 291 g/mol. The van der Waals surface area contributed by atoms with Gasteiger partial charge in [0.2, 0.25) is 0 Å². The summed E-state index contributed by atoms with van der Waals surface area (Å²) in [4.78, 5) is 1.69. The largest absolute Gasteiger partial charge is 0.409 e. The van der Waals surface area contributed by atoms with Crippen molar-refractivity contribution in [2.45, 2.75) is 6.54 Å². The lowest BCUT2D eigenvalue weighted by atomic mass is 10.1. The molecule has 0 atom stereocenters. The summed E-state index contributed by atoms with van der Waals surface area (Å²) in [5.74, 6) is -0.943. The predicted molar refractivity (Wildman–Crippen MR) is 77.4 cm³/mol. The van der Waals surface area contributed by atoms with Crippen LogP contribution in [0.3, 0.4) is 0 Å². The summed E-state index contributed by atoms with van der Waals surface area (Å²) in [6, 6.07) is 10.3. The van der Waals surface area contributed by atoms with Gasteiger partial charge < -0.3 is 15.8 Å². The number of benzene rings is 2. The molecule has 0 aromatic heterocycles. The number of oxime groups is 1. The molecule has 0 radical (unpaired) electrons. The van der Waals surface area contributed by atoms with Gasteiger partial charge in [-0.2, -0.15) is 0 Å². The van der Waals surface area contributed by atoms with Crippen LogP contribution in [-0.2, 0) is 6.54 Å². The molecule has 0 saturated carbocycles. The van der Waals surface area contributed by atoms with Crippen molar-refractivity contribution in [1.82, 2.24) is 0 Å². The summed E-state index contributed by atoms with van der Waals surface area (Å²) in [6.07, 6.45) is 0. The van der Waals surface area contributed by atoms with Crippen LogP contribution in [0.15, 0.2) is 47.6 Å². The number of rotatable bonds is 4. The zero-order chi connectivity index (χ0) is 15.4. The van der Waals surface area contributed by atoms with Crippen LogP contribution < -0.4 is 10.6 Å². The minimum atomic E-state index is -0.483. The van der Waals surface area contributed by atoms with Gasteiger partial charge in [0.05, 0.1) is 5.69 Å². The fraction of sp³-hybridized carbons (Fsp3) is 0.133. The molecule has 0 heterocycles. The minimum absolute atomic E-state index is 0.151. The van der Waals surface area contributed by atoms with Crippen molar-refractivity contribution in [1.29, 1.82) is 0 Å². The molecule has 110 valence electrons. The lowest BCUT2D eigenvalue weighted by molar-refractivity contribution is 0.318. The number of hydrogen-bond acceptors (Lipinski definition) is 3. The van der Waals surface area contributed by atoms with E-state index >= 15 is 0 Å². The summed E-state index contributed by atoms with van der Waals surface area (Å²) in [7, 11) is 1.73. The lowest BCUT2D eigenvalue weighted by Crippen LogP contribution is -2.19. The summed E-state index contributed by atoms with van der Waals surface area (Å²) >= 11 is 0. The van der Waals surface area contributed by atoms with Crippen LogP contribution in [0.25, 0.3) is 0 Å². The van der Waals surface area contributed by atoms with E-state index in [1.807, 2.05) is 0 Å². The molecule has 0 amide bonds. The summed E-state index contributed by atoms with van der Waals surface area (Å²) in [5.41, 5.74) is 6.94. The number of nitrogens with two attached hydrogens (primary N) is 1. The van der Waals surface area contributed by atoms with Gasteiger partial charge in [-0.3, -0.25) is 0 Å². The predicted octanol–water partition coefficient (Wildman–Crippen LogP) is 2.70. The quantitative estimate of drug-likeness (QED) is 0.394. The first-order valence-corrected chi connectivity index (χ1v) is 6.24. The van der Waals surface area contributed by atoms with Gasteiger partial charge in [0.15, 0.2) is 5.84 Å². The highest BCUT2D eigenvalue weighted by Gasteiger charge is 2.10. The van der Waals surface area contributed by atoms with Crippen molar-refractivity contribution >= 4 is 11.5 Å². The number of anilines is 1. The summed E-state index contributed by atoms with van der Waals surface area (Å²) in [6.45, 7) is 0.431. The van der Waals surface area contributed by atoms with Gasteiger partial charge in [0.1, 0.15) is 11.6 Å². The highest BCUT2D eigenvalue weighted by Crippen LogP contribution is 2.21. The Balaban J connectivity index is 2.19. The minimum Gasteiger partial charge on any atom is -0.409 e. The van der Waals surface area contributed by atoms with Crippen LogP contribution in [0, 0.1) is 11.6 Å². The topological polar surface area (TPSA) is 61.8 Å². The summed E-state index contributed by atoms with van der Waals surface area (Å²) < 4.78 is 26.9. The molecular formula is C15H15F2N3O. The van der Waals surface area contributed by atoms with Crippen molar-refractivity contribution < 1.29 is 14.0 Å². The van der Waals surface area contributed by atoms with Crippen LogP contribution in [-0.4, -0.2) is 18.1 Å². The van der Waals surface area contributed by atoms with Crippen molar-refractivity contribution in [3.8, 4) is 0 Å². The van der Waals surface area contributed by atoms with Crippen LogP contribution in [0.4, 0.5) is 14.5 Å². The highest BCUT2D eigenvalue weighted by atomic mass is 19.1. The zero-order valence-corrected chi connectivity index (χ0v) is 11.4. The van der Waals surface area contributed by atoms with Crippen LogP contribution in [0.2, 0.25) is 0 Å². The van der Waals surface area contributed by atoms with Crippen LogP contribution in [0.1, 0.15) is 11.1 Å². The van der Waals surface area contributed by atoms with Crippen molar-refractivity contribution in [2.75, 3.05) is 11.9 Å². The van der Waals surface area contributed by atoms with Gasteiger partial charge in [-0.05, 0) is 35.9 Å². The molecule has 0 unspecified atom stereocenters. The molecule has 21 heavy (non-hydrogen) atoms. The second kappa shape index (κ2) is 6.21. The van der Waals surface area contributed by atoms with Crippen molar-refractivity contribution in [2.24, 2.45) is 10.9 Å². The van der Waals surface area contributed by atoms with E-state index in [0.29, 0.717) is 17.8 Å². The van der Waals surface area contributed by atoms with E-state index in [2.05, 4.69) is 5.16 Å². The smallest absolute Gasteiger partial charge is 0.170 e. The Morgan fingerprint density at radius 1 is 1.19 bits per heavy atom. The van der Waals surface area contributed by atoms with E-state index in [9.17, 15) is 8.78 Å². The molecule has 0 aliphatic heterocycles. The molecule has 6 heteroatoms. The van der Waals surface area contributed by atoms with Gasteiger partial charge in [0, 0.05) is 19.2 Å². The van der Waals surface area contributed by atoms with Crippen LogP contribution >= 0.6 is 0 Å². The van der Waals surface area contributed by atoms with E-state index in [1.54, 1.807) is 36.2 Å². The average Bonchev–Trinajstić information content (AvgIpc) is 2.48. The SMILES string of the molecule is CN(Cc1ccc(F)cc1)c1ccc(C(N)=NO)cc1F. The lowest BCUT2D eigenvalue weighted by Gasteiger charge is -2.20. The third-order valence-corrected chi connectivity index (χ3v) is 3.10. The second-order valence-electron chi connectivity index (χ2n) is 4.63. The van der Waals surface area contributed by atoms with E-state index in [0.717, 1.165) is 5.56 Å². The van der Waals surface area contributed by atoms with E-state index in [-0.39, 0.29) is 11.7 Å². The van der Waals surface area contributed by atoms with E-state index in [4.69, 9.17) is 10.9 Å². The number of amidine groups is 1. The maximum absolute atomic E-state index is 14.1. The van der Waals surface area contributed by atoms with Gasteiger partial charge in [-0.25, -0.2) is 8.78 Å². The first kappa shape index (κ1) is 14.8. The first-order valence-electron chi connectivity index (χ1n) is 6.24. The van der Waals surface area contributed by atoms with Gasteiger partial charge in [-0.1, -0.05) is 17.3 Å². The van der Waals surface area contributed by atoms with E-state index in [1.165, 1.54) is 18.2 Å². The van der Waals surface area contributed by atoms with E-state index < -0.39 is 5.82 Å². The Morgan fingerprint density at radius 3 is 2.43 bits per heavy atom. The van der Waals surface area contributed by atoms with Crippen molar-refractivity contribution in [3.63, 3.8) is 0 Å². The third-order valence-electron chi connectivity index (χ3n) is 3.10. The van der Waals surface area contributed by atoms with Crippen molar-refractivity contribution in [3.05, 3.63) is 65.2 Å². The zero-order valence-electron chi connectivity index (χ0n) is 11.4. The molecule has 0 aliphatic rings. The number of nitrogens with zero attached hydrogens (tertiary/aromatic N) is 2. The Kier molecular flexibility index (Phi) is 4.37. The molecule has 2 aromatic rings.